The van der Waals surface area contributed by atoms with E-state index in [4.69, 9.17) is 22.3 Å². The normalized spacial score (nSPS) is 14.4. The second-order valence-electron chi connectivity index (χ2n) is 5.19. The number of carbonyl (C=O) groups is 4. The van der Waals surface area contributed by atoms with E-state index in [1.54, 1.807) is 0 Å². The molecule has 0 aliphatic rings. The number of hydrogen-bond acceptors (Lipinski definition) is 6. The lowest BCUT2D eigenvalue weighted by molar-refractivity contribution is -0.142. The number of hydrogen-bond donors (Lipinski definition) is 6. The van der Waals surface area contributed by atoms with Gasteiger partial charge in [-0.05, 0) is 32.7 Å². The first-order chi connectivity index (χ1) is 10.7. The highest BCUT2D eigenvalue weighted by Crippen LogP contribution is 2.01. The fourth-order valence-corrected chi connectivity index (χ4v) is 1.74. The fourth-order valence-electron chi connectivity index (χ4n) is 1.74. The number of rotatable bonds is 11. The lowest BCUT2D eigenvalue weighted by atomic mass is 10.1. The van der Waals surface area contributed by atoms with Crippen LogP contribution in [-0.2, 0) is 19.2 Å². The number of carboxylic acids is 1. The summed E-state index contributed by atoms with van der Waals surface area (Å²) >= 11 is 0. The predicted octanol–water partition coefficient (Wildman–Crippen LogP) is -2.61. The van der Waals surface area contributed by atoms with E-state index in [-0.39, 0.29) is 12.8 Å². The number of amides is 3. The van der Waals surface area contributed by atoms with Gasteiger partial charge in [-0.1, -0.05) is 0 Å². The van der Waals surface area contributed by atoms with E-state index in [2.05, 4.69) is 10.6 Å². The molecule has 0 aromatic carbocycles. The minimum Gasteiger partial charge on any atom is -0.480 e. The molecule has 0 radical (unpaired) electrons. The molecule has 0 bridgehead atoms. The van der Waals surface area contributed by atoms with Gasteiger partial charge in [0.2, 0.25) is 17.7 Å². The van der Waals surface area contributed by atoms with Gasteiger partial charge in [-0.15, -0.1) is 0 Å². The van der Waals surface area contributed by atoms with Crippen LogP contribution in [0.4, 0.5) is 0 Å². The fraction of sp³-hybridized carbons (Fsp3) is 0.692. The van der Waals surface area contributed by atoms with E-state index in [9.17, 15) is 19.2 Å². The molecule has 0 heterocycles. The Bertz CT molecular complexity index is 442. The number of aliphatic carboxylic acids is 1. The third-order valence-corrected chi connectivity index (χ3v) is 3.07. The summed E-state index contributed by atoms with van der Waals surface area (Å²) in [5.41, 5.74) is 15.7. The number of unbranched alkanes of at least 4 members (excludes halogenated alkanes) is 1. The van der Waals surface area contributed by atoms with Crippen LogP contribution in [0.5, 0.6) is 0 Å². The van der Waals surface area contributed by atoms with Crippen molar-refractivity contribution in [2.45, 2.75) is 50.7 Å². The summed E-state index contributed by atoms with van der Waals surface area (Å²) in [6.07, 6.45) is 1.09. The standard InChI is InChI=1S/C13H25N5O5/c1-7(17-12(21)8(15)6-10(16)19)11(20)18-9(13(22)23)4-2-3-5-14/h7-9H,2-6,14-15H2,1H3,(H2,16,19)(H,17,21)(H,18,20)(H,22,23). The summed E-state index contributed by atoms with van der Waals surface area (Å²) in [6.45, 7) is 1.81. The van der Waals surface area contributed by atoms with Crippen LogP contribution in [0, 0.1) is 0 Å². The molecule has 0 saturated carbocycles. The summed E-state index contributed by atoms with van der Waals surface area (Å²) in [5, 5.41) is 13.7. The third-order valence-electron chi connectivity index (χ3n) is 3.07. The van der Waals surface area contributed by atoms with Gasteiger partial charge in [0.05, 0.1) is 12.5 Å². The minimum absolute atomic E-state index is 0.236. The molecule has 0 aliphatic carbocycles. The molecule has 3 amide bonds. The summed E-state index contributed by atoms with van der Waals surface area (Å²) in [4.78, 5) is 45.4. The highest BCUT2D eigenvalue weighted by Gasteiger charge is 2.25. The minimum atomic E-state index is -1.17. The Kier molecular flexibility index (Phi) is 9.51. The maximum absolute atomic E-state index is 11.9. The van der Waals surface area contributed by atoms with E-state index in [1.807, 2.05) is 0 Å². The monoisotopic (exact) mass is 331 g/mol. The van der Waals surface area contributed by atoms with Crippen molar-refractivity contribution in [3.8, 4) is 0 Å². The van der Waals surface area contributed by atoms with Crippen molar-refractivity contribution in [3.05, 3.63) is 0 Å². The lowest BCUT2D eigenvalue weighted by Crippen LogP contribution is -2.53. The van der Waals surface area contributed by atoms with Gasteiger partial charge in [0, 0.05) is 0 Å². The van der Waals surface area contributed by atoms with Crippen LogP contribution < -0.4 is 27.8 Å². The zero-order valence-corrected chi connectivity index (χ0v) is 13.1. The molecule has 3 atom stereocenters. The van der Waals surface area contributed by atoms with Gasteiger partial charge < -0.3 is 32.9 Å². The second kappa shape index (κ2) is 10.5. The maximum Gasteiger partial charge on any atom is 0.326 e. The number of primary amides is 1. The van der Waals surface area contributed by atoms with Gasteiger partial charge in [-0.25, -0.2) is 4.79 Å². The van der Waals surface area contributed by atoms with Crippen LogP contribution in [-0.4, -0.2) is 53.5 Å². The summed E-state index contributed by atoms with van der Waals surface area (Å²) in [7, 11) is 0. The zero-order valence-electron chi connectivity index (χ0n) is 13.1. The molecule has 3 unspecified atom stereocenters. The Morgan fingerprint density at radius 2 is 1.70 bits per heavy atom. The van der Waals surface area contributed by atoms with Gasteiger partial charge in [0.1, 0.15) is 12.1 Å². The Morgan fingerprint density at radius 1 is 1.09 bits per heavy atom. The van der Waals surface area contributed by atoms with Crippen LogP contribution in [0.25, 0.3) is 0 Å². The topological polar surface area (TPSA) is 191 Å². The Hall–Kier alpha value is -2.20. The Labute approximate surface area is 134 Å². The lowest BCUT2D eigenvalue weighted by Gasteiger charge is -2.20. The van der Waals surface area contributed by atoms with Crippen LogP contribution in [0.2, 0.25) is 0 Å². The third kappa shape index (κ3) is 8.73. The molecule has 0 spiro atoms. The molecule has 10 heteroatoms. The molecule has 9 N–H and O–H groups in total. The SMILES string of the molecule is CC(NC(=O)C(N)CC(N)=O)C(=O)NC(CCCCN)C(=O)O. The van der Waals surface area contributed by atoms with Gasteiger partial charge in [0.25, 0.3) is 0 Å². The van der Waals surface area contributed by atoms with Crippen LogP contribution in [0.3, 0.4) is 0 Å². The average molecular weight is 331 g/mol. The zero-order chi connectivity index (χ0) is 18.0. The Morgan fingerprint density at radius 3 is 2.17 bits per heavy atom. The van der Waals surface area contributed by atoms with Crippen LogP contribution >= 0.6 is 0 Å². The summed E-state index contributed by atoms with van der Waals surface area (Å²) in [5.74, 6) is -3.29. The van der Waals surface area contributed by atoms with Crippen LogP contribution in [0.15, 0.2) is 0 Å². The molecule has 0 aromatic rings. The molecular formula is C13H25N5O5. The van der Waals surface area contributed by atoms with Gasteiger partial charge in [0.15, 0.2) is 0 Å². The first kappa shape index (κ1) is 20.8. The number of carboxylic acid groups (broad SMARTS) is 1. The molecule has 0 aromatic heterocycles. The molecule has 0 aliphatic heterocycles. The Balaban J connectivity index is 4.47. The highest BCUT2D eigenvalue weighted by atomic mass is 16.4. The second-order valence-corrected chi connectivity index (χ2v) is 5.19. The number of nitrogens with two attached hydrogens (primary N) is 3. The summed E-state index contributed by atoms with van der Waals surface area (Å²) < 4.78 is 0. The van der Waals surface area contributed by atoms with Gasteiger partial charge in [-0.3, -0.25) is 14.4 Å². The van der Waals surface area contributed by atoms with Crippen molar-refractivity contribution < 1.29 is 24.3 Å². The summed E-state index contributed by atoms with van der Waals surface area (Å²) in [6, 6.07) is -3.23. The smallest absolute Gasteiger partial charge is 0.326 e. The molecular weight excluding hydrogens is 306 g/mol. The quantitative estimate of drug-likeness (QED) is 0.223. The van der Waals surface area contributed by atoms with Crippen molar-refractivity contribution in [1.29, 1.82) is 0 Å². The molecule has 0 rings (SSSR count). The number of nitrogens with one attached hydrogen (secondary N) is 2. The number of carbonyl (C=O) groups excluding carboxylic acids is 3. The molecule has 0 saturated heterocycles. The van der Waals surface area contributed by atoms with Crippen molar-refractivity contribution in [2.75, 3.05) is 6.54 Å². The molecule has 10 nitrogen and oxygen atoms in total. The van der Waals surface area contributed by atoms with Gasteiger partial charge in [-0.2, -0.15) is 0 Å². The van der Waals surface area contributed by atoms with E-state index in [0.29, 0.717) is 19.4 Å². The van der Waals surface area contributed by atoms with E-state index in [0.717, 1.165) is 0 Å². The van der Waals surface area contributed by atoms with E-state index < -0.39 is 41.8 Å². The largest absolute Gasteiger partial charge is 0.480 e. The predicted molar refractivity (Wildman–Crippen MR) is 81.9 cm³/mol. The first-order valence-corrected chi connectivity index (χ1v) is 7.26. The first-order valence-electron chi connectivity index (χ1n) is 7.26. The molecule has 23 heavy (non-hydrogen) atoms. The van der Waals surface area contributed by atoms with Crippen molar-refractivity contribution >= 4 is 23.7 Å². The molecule has 0 fully saturated rings. The van der Waals surface area contributed by atoms with Crippen molar-refractivity contribution in [3.63, 3.8) is 0 Å². The van der Waals surface area contributed by atoms with Crippen molar-refractivity contribution in [1.82, 2.24) is 10.6 Å². The van der Waals surface area contributed by atoms with Crippen LogP contribution in [0.1, 0.15) is 32.6 Å². The highest BCUT2D eigenvalue weighted by molar-refractivity contribution is 5.93. The van der Waals surface area contributed by atoms with E-state index >= 15 is 0 Å². The van der Waals surface area contributed by atoms with E-state index in [1.165, 1.54) is 6.92 Å². The molecule has 132 valence electrons. The maximum atomic E-state index is 11.9. The van der Waals surface area contributed by atoms with Crippen molar-refractivity contribution in [2.24, 2.45) is 17.2 Å². The van der Waals surface area contributed by atoms with Gasteiger partial charge >= 0.3 is 5.97 Å². The average Bonchev–Trinajstić information content (AvgIpc) is 2.44.